The van der Waals surface area contributed by atoms with Crippen LogP contribution in [0.1, 0.15) is 15.9 Å². The van der Waals surface area contributed by atoms with Gasteiger partial charge in [-0.05, 0) is 12.1 Å². The van der Waals surface area contributed by atoms with E-state index in [0.717, 1.165) is 12.1 Å². The lowest BCUT2D eigenvalue weighted by Gasteiger charge is -2.06. The molecule has 0 aliphatic carbocycles. The van der Waals surface area contributed by atoms with Crippen LogP contribution < -0.4 is 0 Å². The van der Waals surface area contributed by atoms with E-state index in [-0.39, 0.29) is 11.3 Å². The second kappa shape index (κ2) is 4.42. The number of rotatable bonds is 2. The average molecular weight is 270 g/mol. The number of nitrogens with zero attached hydrogens (tertiary/aromatic N) is 2. The lowest BCUT2D eigenvalue weighted by molar-refractivity contribution is -0.137. The lowest BCUT2D eigenvalue weighted by Crippen LogP contribution is -2.04. The van der Waals surface area contributed by atoms with Gasteiger partial charge in [-0.3, -0.25) is 4.68 Å². The third-order valence-electron chi connectivity index (χ3n) is 2.54. The quantitative estimate of drug-likeness (QED) is 0.912. The van der Waals surface area contributed by atoms with Crippen molar-refractivity contribution in [3.8, 4) is 11.3 Å². The van der Waals surface area contributed by atoms with Crippen molar-refractivity contribution in [3.05, 3.63) is 41.6 Å². The monoisotopic (exact) mass is 270 g/mol. The van der Waals surface area contributed by atoms with Crippen LogP contribution in [0.25, 0.3) is 11.3 Å². The number of aromatic carboxylic acids is 1. The Balaban J connectivity index is 2.46. The van der Waals surface area contributed by atoms with E-state index in [2.05, 4.69) is 5.10 Å². The predicted octanol–water partition coefficient (Wildman–Crippen LogP) is 2.80. The number of hydrogen-bond donors (Lipinski definition) is 1. The van der Waals surface area contributed by atoms with E-state index in [1.54, 1.807) is 7.05 Å². The summed E-state index contributed by atoms with van der Waals surface area (Å²) in [5, 5.41) is 12.9. The minimum atomic E-state index is -4.42. The fourth-order valence-electron chi connectivity index (χ4n) is 1.68. The highest BCUT2D eigenvalue weighted by Crippen LogP contribution is 2.31. The normalized spacial score (nSPS) is 11.6. The maximum atomic E-state index is 12.4. The van der Waals surface area contributed by atoms with Crippen LogP contribution in [-0.2, 0) is 13.2 Å². The molecular formula is C12H9F3N2O2. The summed E-state index contributed by atoms with van der Waals surface area (Å²) in [6.45, 7) is 0. The van der Waals surface area contributed by atoms with Crippen molar-refractivity contribution < 1.29 is 23.1 Å². The Kier molecular flexibility index (Phi) is 3.05. The summed E-state index contributed by atoms with van der Waals surface area (Å²) in [6, 6.07) is 4.21. The van der Waals surface area contributed by atoms with E-state index >= 15 is 0 Å². The van der Waals surface area contributed by atoms with Crippen molar-refractivity contribution in [2.24, 2.45) is 7.05 Å². The van der Waals surface area contributed by atoms with Crippen LogP contribution in [0.15, 0.2) is 30.5 Å². The van der Waals surface area contributed by atoms with Gasteiger partial charge in [0.05, 0.1) is 5.56 Å². The summed E-state index contributed by atoms with van der Waals surface area (Å²) in [4.78, 5) is 11.0. The van der Waals surface area contributed by atoms with Crippen LogP contribution in [0.5, 0.6) is 0 Å². The first kappa shape index (κ1) is 13.1. The summed E-state index contributed by atoms with van der Waals surface area (Å²) in [6.07, 6.45) is -3.12. The smallest absolute Gasteiger partial charge is 0.416 e. The number of halogens is 3. The molecule has 1 N–H and O–H groups in total. The third-order valence-corrected chi connectivity index (χ3v) is 2.54. The Morgan fingerprint density at radius 2 is 1.84 bits per heavy atom. The van der Waals surface area contributed by atoms with Gasteiger partial charge in [0.2, 0.25) is 0 Å². The Labute approximate surface area is 106 Å². The molecule has 0 unspecified atom stereocenters. The van der Waals surface area contributed by atoms with E-state index in [0.29, 0.717) is 5.56 Å². The minimum Gasteiger partial charge on any atom is -0.478 e. The molecule has 0 aliphatic rings. The molecule has 0 atom stereocenters. The molecule has 2 aromatic rings. The van der Waals surface area contributed by atoms with E-state index < -0.39 is 17.7 Å². The first-order valence-electron chi connectivity index (χ1n) is 5.23. The van der Waals surface area contributed by atoms with Gasteiger partial charge in [-0.1, -0.05) is 12.1 Å². The highest BCUT2D eigenvalue weighted by Gasteiger charge is 2.30. The number of carboxylic acid groups (broad SMARTS) is 1. The van der Waals surface area contributed by atoms with Gasteiger partial charge in [0, 0.05) is 18.8 Å². The number of benzene rings is 1. The molecule has 0 bridgehead atoms. The molecule has 0 spiro atoms. The molecule has 0 amide bonds. The number of carbonyl (C=O) groups is 1. The van der Waals surface area contributed by atoms with Gasteiger partial charge in [0.25, 0.3) is 0 Å². The number of carboxylic acids is 1. The van der Waals surface area contributed by atoms with E-state index in [1.807, 2.05) is 0 Å². The summed E-state index contributed by atoms with van der Waals surface area (Å²) in [5.41, 5.74) is -0.374. The van der Waals surface area contributed by atoms with Crippen LogP contribution in [0, 0.1) is 0 Å². The summed E-state index contributed by atoms with van der Waals surface area (Å²) >= 11 is 0. The summed E-state index contributed by atoms with van der Waals surface area (Å²) in [5.74, 6) is -1.18. The zero-order valence-corrected chi connectivity index (χ0v) is 9.77. The second-order valence-electron chi connectivity index (χ2n) is 3.95. The van der Waals surface area contributed by atoms with Crippen molar-refractivity contribution in [3.63, 3.8) is 0 Å². The molecule has 7 heteroatoms. The lowest BCUT2D eigenvalue weighted by atomic mass is 10.1. The maximum absolute atomic E-state index is 12.4. The van der Waals surface area contributed by atoms with Crippen LogP contribution in [0.4, 0.5) is 13.2 Å². The molecule has 100 valence electrons. The standard InChI is InChI=1S/C12H9F3N2O2/c1-17-6-9(11(18)19)10(16-17)7-2-4-8(5-3-7)12(13,14)15/h2-6H,1H3,(H,18,19). The number of hydrogen-bond acceptors (Lipinski definition) is 2. The molecule has 19 heavy (non-hydrogen) atoms. The minimum absolute atomic E-state index is 0.0535. The van der Waals surface area contributed by atoms with Gasteiger partial charge < -0.3 is 5.11 Å². The number of aromatic nitrogens is 2. The molecule has 0 aliphatic heterocycles. The molecule has 0 fully saturated rings. The Bertz CT molecular complexity index is 615. The Morgan fingerprint density at radius 3 is 2.32 bits per heavy atom. The maximum Gasteiger partial charge on any atom is 0.416 e. The predicted molar refractivity (Wildman–Crippen MR) is 60.6 cm³/mol. The largest absolute Gasteiger partial charge is 0.478 e. The van der Waals surface area contributed by atoms with E-state index in [9.17, 15) is 18.0 Å². The van der Waals surface area contributed by atoms with Crippen molar-refractivity contribution in [2.75, 3.05) is 0 Å². The first-order chi connectivity index (χ1) is 8.79. The first-order valence-corrected chi connectivity index (χ1v) is 5.23. The Hall–Kier alpha value is -2.31. The fourth-order valence-corrected chi connectivity index (χ4v) is 1.68. The van der Waals surface area contributed by atoms with Gasteiger partial charge in [-0.25, -0.2) is 4.79 Å². The molecule has 4 nitrogen and oxygen atoms in total. The van der Waals surface area contributed by atoms with Gasteiger partial charge in [-0.2, -0.15) is 18.3 Å². The van der Waals surface area contributed by atoms with Gasteiger partial charge >= 0.3 is 12.1 Å². The van der Waals surface area contributed by atoms with Crippen molar-refractivity contribution in [1.29, 1.82) is 0 Å². The molecule has 1 aromatic heterocycles. The topological polar surface area (TPSA) is 55.1 Å². The van der Waals surface area contributed by atoms with Crippen LogP contribution in [0.2, 0.25) is 0 Å². The zero-order chi connectivity index (χ0) is 14.2. The van der Waals surface area contributed by atoms with Crippen molar-refractivity contribution >= 4 is 5.97 Å². The van der Waals surface area contributed by atoms with Gasteiger partial charge in [-0.15, -0.1) is 0 Å². The SMILES string of the molecule is Cn1cc(C(=O)O)c(-c2ccc(C(F)(F)F)cc2)n1. The fraction of sp³-hybridized carbons (Fsp3) is 0.167. The molecule has 2 rings (SSSR count). The number of alkyl halides is 3. The molecule has 1 heterocycles. The molecule has 0 saturated heterocycles. The van der Waals surface area contributed by atoms with E-state index in [4.69, 9.17) is 5.11 Å². The van der Waals surface area contributed by atoms with Crippen molar-refractivity contribution in [1.82, 2.24) is 9.78 Å². The zero-order valence-electron chi connectivity index (χ0n) is 9.77. The van der Waals surface area contributed by atoms with Crippen LogP contribution in [-0.4, -0.2) is 20.9 Å². The molecule has 0 radical (unpaired) electrons. The molecular weight excluding hydrogens is 261 g/mol. The van der Waals surface area contributed by atoms with Gasteiger partial charge in [0.1, 0.15) is 11.3 Å². The van der Waals surface area contributed by atoms with Crippen molar-refractivity contribution in [2.45, 2.75) is 6.18 Å². The average Bonchev–Trinajstić information content (AvgIpc) is 2.70. The number of aryl methyl sites for hydroxylation is 1. The van der Waals surface area contributed by atoms with Crippen LogP contribution >= 0.6 is 0 Å². The summed E-state index contributed by atoms with van der Waals surface area (Å²) in [7, 11) is 1.54. The Morgan fingerprint density at radius 1 is 1.26 bits per heavy atom. The second-order valence-corrected chi connectivity index (χ2v) is 3.95. The highest BCUT2D eigenvalue weighted by atomic mass is 19.4. The molecule has 0 saturated carbocycles. The van der Waals surface area contributed by atoms with E-state index in [1.165, 1.54) is 23.0 Å². The summed E-state index contributed by atoms with van der Waals surface area (Å²) < 4.78 is 38.6. The highest BCUT2D eigenvalue weighted by molar-refractivity contribution is 5.94. The third kappa shape index (κ3) is 2.59. The molecule has 1 aromatic carbocycles. The van der Waals surface area contributed by atoms with Crippen LogP contribution in [0.3, 0.4) is 0 Å². The van der Waals surface area contributed by atoms with Gasteiger partial charge in [0.15, 0.2) is 0 Å².